The topological polar surface area (TPSA) is 38.8 Å². The van der Waals surface area contributed by atoms with Crippen molar-refractivity contribution in [1.29, 1.82) is 0 Å². The van der Waals surface area contributed by atoms with Gasteiger partial charge in [-0.1, -0.05) is 22.0 Å². The molecule has 19 heavy (non-hydrogen) atoms. The van der Waals surface area contributed by atoms with Crippen molar-refractivity contribution in [1.82, 2.24) is 4.90 Å². The predicted octanol–water partition coefficient (Wildman–Crippen LogP) is 2.07. The van der Waals surface area contributed by atoms with Crippen LogP contribution in [0.3, 0.4) is 0 Å². The van der Waals surface area contributed by atoms with Crippen LogP contribution in [0.1, 0.15) is 10.4 Å². The molecule has 4 nitrogen and oxygen atoms in total. The van der Waals surface area contributed by atoms with Gasteiger partial charge in [0.05, 0.1) is 19.8 Å². The maximum absolute atomic E-state index is 13.9. The molecule has 1 aromatic rings. The zero-order valence-electron chi connectivity index (χ0n) is 10.6. The van der Waals surface area contributed by atoms with Gasteiger partial charge in [0.2, 0.25) is 0 Å². The number of amides is 1. The van der Waals surface area contributed by atoms with E-state index < -0.39 is 5.82 Å². The van der Waals surface area contributed by atoms with Crippen LogP contribution in [0, 0.1) is 5.82 Å². The molecule has 0 bridgehead atoms. The van der Waals surface area contributed by atoms with Gasteiger partial charge in [-0.25, -0.2) is 4.39 Å². The molecule has 1 aromatic carbocycles. The van der Waals surface area contributed by atoms with Gasteiger partial charge in [-0.2, -0.15) is 0 Å². The van der Waals surface area contributed by atoms with Crippen molar-refractivity contribution in [2.75, 3.05) is 32.1 Å². The first-order valence-corrected chi connectivity index (χ1v) is 7.09. The fourth-order valence-corrected chi connectivity index (χ4v) is 2.43. The first kappa shape index (κ1) is 14.3. The van der Waals surface area contributed by atoms with E-state index in [9.17, 15) is 9.18 Å². The van der Waals surface area contributed by atoms with E-state index in [1.807, 2.05) is 0 Å². The SMILES string of the molecule is COc1cccc(F)c1C(=O)N1CCOC(CBr)C1. The van der Waals surface area contributed by atoms with Crippen LogP contribution in [0.4, 0.5) is 4.39 Å². The molecule has 0 spiro atoms. The van der Waals surface area contributed by atoms with Crippen LogP contribution in [0.2, 0.25) is 0 Å². The standard InChI is InChI=1S/C13H15BrFNO3/c1-18-11-4-2-3-10(15)12(11)13(17)16-5-6-19-9(7-14)8-16/h2-4,9H,5-8H2,1H3. The van der Waals surface area contributed by atoms with Crippen molar-refractivity contribution in [2.45, 2.75) is 6.10 Å². The average Bonchev–Trinajstić information content (AvgIpc) is 2.46. The maximum atomic E-state index is 13.9. The number of rotatable bonds is 3. The Morgan fingerprint density at radius 3 is 3.11 bits per heavy atom. The smallest absolute Gasteiger partial charge is 0.260 e. The molecule has 1 amide bonds. The Bertz CT molecular complexity index is 469. The molecular formula is C13H15BrFNO3. The number of benzene rings is 1. The molecule has 1 unspecified atom stereocenters. The summed E-state index contributed by atoms with van der Waals surface area (Å²) in [6, 6.07) is 4.36. The molecule has 0 aliphatic carbocycles. The Hall–Kier alpha value is -1.14. The largest absolute Gasteiger partial charge is 0.496 e. The molecular weight excluding hydrogens is 317 g/mol. The second-order valence-corrected chi connectivity index (χ2v) is 4.86. The Balaban J connectivity index is 2.24. The van der Waals surface area contributed by atoms with Crippen LogP contribution < -0.4 is 4.74 Å². The highest BCUT2D eigenvalue weighted by Crippen LogP contribution is 2.24. The summed E-state index contributed by atoms with van der Waals surface area (Å²) >= 11 is 3.32. The molecule has 0 N–H and O–H groups in total. The number of carbonyl (C=O) groups is 1. The molecule has 1 aliphatic rings. The fraction of sp³-hybridized carbons (Fsp3) is 0.462. The van der Waals surface area contributed by atoms with Crippen molar-refractivity contribution in [2.24, 2.45) is 0 Å². The van der Waals surface area contributed by atoms with Crippen molar-refractivity contribution in [3.63, 3.8) is 0 Å². The summed E-state index contributed by atoms with van der Waals surface area (Å²) in [4.78, 5) is 14.0. The Kier molecular flexibility index (Phi) is 4.76. The number of hydrogen-bond acceptors (Lipinski definition) is 3. The highest BCUT2D eigenvalue weighted by molar-refractivity contribution is 9.09. The summed E-state index contributed by atoms with van der Waals surface area (Å²) in [5, 5.41) is 0.644. The number of alkyl halides is 1. The van der Waals surface area contributed by atoms with Gasteiger partial charge in [0.1, 0.15) is 17.1 Å². The lowest BCUT2D eigenvalue weighted by atomic mass is 10.1. The molecule has 104 valence electrons. The van der Waals surface area contributed by atoms with E-state index in [0.717, 1.165) is 0 Å². The maximum Gasteiger partial charge on any atom is 0.260 e. The van der Waals surface area contributed by atoms with Gasteiger partial charge in [0.15, 0.2) is 0 Å². The first-order valence-electron chi connectivity index (χ1n) is 5.96. The zero-order valence-corrected chi connectivity index (χ0v) is 12.2. The number of carbonyl (C=O) groups excluding carboxylic acids is 1. The number of nitrogens with zero attached hydrogens (tertiary/aromatic N) is 1. The highest BCUT2D eigenvalue weighted by atomic mass is 79.9. The van der Waals surface area contributed by atoms with E-state index in [4.69, 9.17) is 9.47 Å². The van der Waals surface area contributed by atoms with Gasteiger partial charge in [-0.3, -0.25) is 4.79 Å². The predicted molar refractivity (Wildman–Crippen MR) is 72.4 cm³/mol. The van der Waals surface area contributed by atoms with Gasteiger partial charge in [-0.15, -0.1) is 0 Å². The molecule has 1 heterocycles. The van der Waals surface area contributed by atoms with Gasteiger partial charge >= 0.3 is 0 Å². The van der Waals surface area contributed by atoms with E-state index in [1.165, 1.54) is 19.2 Å². The van der Waals surface area contributed by atoms with Crippen LogP contribution in [0.25, 0.3) is 0 Å². The number of ether oxygens (including phenoxy) is 2. The van der Waals surface area contributed by atoms with Crippen LogP contribution in [-0.4, -0.2) is 49.0 Å². The lowest BCUT2D eigenvalue weighted by molar-refractivity contribution is -0.00993. The normalized spacial score (nSPS) is 19.3. The van der Waals surface area contributed by atoms with Gasteiger partial charge in [0.25, 0.3) is 5.91 Å². The minimum Gasteiger partial charge on any atom is -0.496 e. The number of halogens is 2. The quantitative estimate of drug-likeness (QED) is 0.796. The summed E-state index contributed by atoms with van der Waals surface area (Å²) in [6.45, 7) is 1.36. The van der Waals surface area contributed by atoms with Crippen LogP contribution in [0.15, 0.2) is 18.2 Å². The summed E-state index contributed by atoms with van der Waals surface area (Å²) in [7, 11) is 1.42. The zero-order chi connectivity index (χ0) is 13.8. The molecule has 0 aromatic heterocycles. The third-order valence-electron chi connectivity index (χ3n) is 3.01. The number of morpholine rings is 1. The van der Waals surface area contributed by atoms with Gasteiger partial charge in [0, 0.05) is 18.4 Å². The average molecular weight is 332 g/mol. The summed E-state index contributed by atoms with van der Waals surface area (Å²) in [5.74, 6) is -0.665. The lowest BCUT2D eigenvalue weighted by Gasteiger charge is -2.32. The van der Waals surface area contributed by atoms with E-state index in [2.05, 4.69) is 15.9 Å². The molecule has 1 fully saturated rings. The Labute approximate surface area is 119 Å². The molecule has 1 atom stereocenters. The number of hydrogen-bond donors (Lipinski definition) is 0. The molecule has 0 saturated carbocycles. The lowest BCUT2D eigenvalue weighted by Crippen LogP contribution is -2.46. The third-order valence-corrected chi connectivity index (χ3v) is 3.73. The minimum atomic E-state index is -0.564. The summed E-state index contributed by atoms with van der Waals surface area (Å²) < 4.78 is 24.4. The highest BCUT2D eigenvalue weighted by Gasteiger charge is 2.28. The van der Waals surface area contributed by atoms with Crippen LogP contribution in [-0.2, 0) is 4.74 Å². The summed E-state index contributed by atoms with van der Waals surface area (Å²) in [6.07, 6.45) is -0.0598. The molecule has 1 saturated heterocycles. The molecule has 6 heteroatoms. The van der Waals surface area contributed by atoms with Crippen molar-refractivity contribution in [3.8, 4) is 5.75 Å². The number of methoxy groups -OCH3 is 1. The van der Waals surface area contributed by atoms with Gasteiger partial charge < -0.3 is 14.4 Å². The van der Waals surface area contributed by atoms with E-state index in [-0.39, 0.29) is 23.3 Å². The molecule has 2 rings (SSSR count). The first-order chi connectivity index (χ1) is 9.17. The van der Waals surface area contributed by atoms with Gasteiger partial charge in [-0.05, 0) is 12.1 Å². The molecule has 0 radical (unpaired) electrons. The van der Waals surface area contributed by atoms with E-state index >= 15 is 0 Å². The van der Waals surface area contributed by atoms with E-state index in [0.29, 0.717) is 25.0 Å². The summed E-state index contributed by atoms with van der Waals surface area (Å²) in [5.41, 5.74) is -0.0137. The molecule has 1 aliphatic heterocycles. The Morgan fingerprint density at radius 2 is 2.42 bits per heavy atom. The Morgan fingerprint density at radius 1 is 1.63 bits per heavy atom. The van der Waals surface area contributed by atoms with Crippen LogP contribution in [0.5, 0.6) is 5.75 Å². The van der Waals surface area contributed by atoms with Crippen molar-refractivity contribution in [3.05, 3.63) is 29.6 Å². The minimum absolute atomic E-state index is 0.0137. The second-order valence-electron chi connectivity index (χ2n) is 4.22. The fourth-order valence-electron chi connectivity index (χ4n) is 2.04. The third kappa shape index (κ3) is 3.06. The van der Waals surface area contributed by atoms with Crippen LogP contribution >= 0.6 is 15.9 Å². The monoisotopic (exact) mass is 331 g/mol. The second kappa shape index (κ2) is 6.34. The van der Waals surface area contributed by atoms with Crippen molar-refractivity contribution < 1.29 is 18.7 Å². The van der Waals surface area contributed by atoms with E-state index in [1.54, 1.807) is 11.0 Å². The van der Waals surface area contributed by atoms with Crippen molar-refractivity contribution >= 4 is 21.8 Å².